The lowest BCUT2D eigenvalue weighted by Crippen LogP contribution is -2.07. The smallest absolute Gasteiger partial charge is 0.203 e. The summed E-state index contributed by atoms with van der Waals surface area (Å²) in [5.74, 6) is 2.75. The molecule has 4 aromatic rings. The van der Waals surface area contributed by atoms with Crippen molar-refractivity contribution in [2.24, 2.45) is 0 Å². The molecule has 0 saturated heterocycles. The molecule has 5 nitrogen and oxygen atoms in total. The van der Waals surface area contributed by atoms with E-state index in [9.17, 15) is 4.79 Å². The minimum Gasteiger partial charge on any atom is -0.497 e. The average molecular weight is 580 g/mol. The molecule has 7 heteroatoms. The zero-order chi connectivity index (χ0) is 26.4. The first-order valence-corrected chi connectivity index (χ1v) is 13.3. The molecule has 0 bridgehead atoms. The van der Waals surface area contributed by atoms with Crippen molar-refractivity contribution in [1.29, 1.82) is 0 Å². The average Bonchev–Trinajstić information content (AvgIpc) is 2.95. The maximum absolute atomic E-state index is 13.9. The first kappa shape index (κ1) is 26.6. The molecule has 4 rings (SSSR count). The van der Waals surface area contributed by atoms with E-state index in [2.05, 4.69) is 34.1 Å². The van der Waals surface area contributed by atoms with E-state index in [0.717, 1.165) is 27.5 Å². The second kappa shape index (κ2) is 12.2. The molecule has 0 fully saturated rings. The Hall–Kier alpha value is -3.42. The number of ketones is 1. The van der Waals surface area contributed by atoms with E-state index >= 15 is 0 Å². The number of hydrogen-bond acceptors (Lipinski definition) is 6. The topological polar surface area (TPSA) is 54.0 Å². The monoisotopic (exact) mass is 578 g/mol. The second-order valence-electron chi connectivity index (χ2n) is 8.07. The molecule has 0 saturated carbocycles. The number of carbonyl (C=O) groups excluding carboxylic acids is 1. The highest BCUT2D eigenvalue weighted by Gasteiger charge is 2.23. The Morgan fingerprint density at radius 3 is 2.00 bits per heavy atom. The van der Waals surface area contributed by atoms with Gasteiger partial charge in [-0.3, -0.25) is 4.79 Å². The zero-order valence-electron chi connectivity index (χ0n) is 21.0. The highest BCUT2D eigenvalue weighted by Crippen LogP contribution is 2.41. The predicted octanol–water partition coefficient (Wildman–Crippen LogP) is 7.67. The Labute approximate surface area is 229 Å². The summed E-state index contributed by atoms with van der Waals surface area (Å²) in [7, 11) is 6.26. The molecule has 0 aromatic heterocycles. The lowest BCUT2D eigenvalue weighted by Gasteiger charge is -2.17. The number of hydrogen-bond donors (Lipinski definition) is 0. The molecular formula is C30H27BrO5S. The van der Waals surface area contributed by atoms with Crippen molar-refractivity contribution in [2.45, 2.75) is 10.6 Å². The van der Waals surface area contributed by atoms with Crippen LogP contribution in [0.5, 0.6) is 23.0 Å². The Bertz CT molecular complexity index is 1360. The van der Waals surface area contributed by atoms with E-state index < -0.39 is 0 Å². The molecule has 0 N–H and O–H groups in total. The van der Waals surface area contributed by atoms with Crippen LogP contribution in [-0.2, 0) is 5.75 Å². The molecule has 0 atom stereocenters. The zero-order valence-corrected chi connectivity index (χ0v) is 23.4. The van der Waals surface area contributed by atoms with E-state index in [1.54, 1.807) is 31.0 Å². The van der Waals surface area contributed by atoms with Crippen molar-refractivity contribution in [2.75, 3.05) is 28.4 Å². The van der Waals surface area contributed by atoms with Gasteiger partial charge in [-0.15, -0.1) is 11.8 Å². The van der Waals surface area contributed by atoms with Gasteiger partial charge in [-0.25, -0.2) is 0 Å². The number of halogens is 1. The second-order valence-corrected chi connectivity index (χ2v) is 9.98. The number of ether oxygens (including phenoxy) is 4. The van der Waals surface area contributed by atoms with Crippen LogP contribution in [0.2, 0.25) is 0 Å². The molecule has 4 aromatic carbocycles. The van der Waals surface area contributed by atoms with Crippen LogP contribution in [0.3, 0.4) is 0 Å². The molecule has 0 spiro atoms. The fourth-order valence-corrected chi connectivity index (χ4v) is 5.71. The molecule has 0 aliphatic heterocycles. The van der Waals surface area contributed by atoms with Gasteiger partial charge < -0.3 is 18.9 Å². The molecule has 0 aliphatic carbocycles. The summed E-state index contributed by atoms with van der Waals surface area (Å²) in [5.41, 5.74) is 3.97. The normalized spacial score (nSPS) is 10.6. The summed E-state index contributed by atoms with van der Waals surface area (Å²) in [4.78, 5) is 15.0. The van der Waals surface area contributed by atoms with E-state index in [1.807, 2.05) is 48.5 Å². The van der Waals surface area contributed by atoms with Gasteiger partial charge in [0.15, 0.2) is 17.3 Å². The predicted molar refractivity (Wildman–Crippen MR) is 152 cm³/mol. The number of thioether (sulfide) groups is 1. The highest BCUT2D eigenvalue weighted by molar-refractivity contribution is 9.10. The minimum absolute atomic E-state index is 0.156. The third kappa shape index (κ3) is 5.95. The van der Waals surface area contributed by atoms with Crippen molar-refractivity contribution in [3.8, 4) is 34.1 Å². The van der Waals surface area contributed by atoms with Crippen LogP contribution in [0.15, 0.2) is 88.2 Å². The summed E-state index contributed by atoms with van der Waals surface area (Å²) in [6.45, 7) is 0. The Morgan fingerprint density at radius 2 is 1.43 bits per heavy atom. The van der Waals surface area contributed by atoms with Crippen LogP contribution in [0.25, 0.3) is 11.1 Å². The van der Waals surface area contributed by atoms with E-state index in [0.29, 0.717) is 32.8 Å². The van der Waals surface area contributed by atoms with Crippen molar-refractivity contribution in [3.63, 3.8) is 0 Å². The Balaban J connectivity index is 1.76. The Kier molecular flexibility index (Phi) is 8.79. The maximum Gasteiger partial charge on any atom is 0.203 e. The summed E-state index contributed by atoms with van der Waals surface area (Å²) in [6, 6.07) is 25.4. The summed E-state index contributed by atoms with van der Waals surface area (Å²) in [6.07, 6.45) is 0. The number of benzene rings is 4. The Morgan fingerprint density at radius 1 is 0.784 bits per heavy atom. The lowest BCUT2D eigenvalue weighted by atomic mass is 9.93. The van der Waals surface area contributed by atoms with Crippen LogP contribution >= 0.6 is 27.7 Å². The van der Waals surface area contributed by atoms with Gasteiger partial charge in [-0.05, 0) is 69.0 Å². The van der Waals surface area contributed by atoms with Crippen molar-refractivity contribution in [3.05, 3.63) is 100 Å². The molecule has 0 aliphatic rings. The SMILES string of the molecule is COc1ccc(CSc2cc(Br)c(C(=O)c3cc(OC)c(OC)c(OC)c3)c(-c3ccccc3)c2)cc1. The molecule has 0 unspecified atom stereocenters. The molecule has 190 valence electrons. The minimum atomic E-state index is -0.156. The molecule has 0 heterocycles. The van der Waals surface area contributed by atoms with Gasteiger partial charge in [0, 0.05) is 26.2 Å². The van der Waals surface area contributed by atoms with Crippen LogP contribution in [0, 0.1) is 0 Å². The van der Waals surface area contributed by atoms with Gasteiger partial charge in [0.2, 0.25) is 5.75 Å². The molecule has 0 amide bonds. The van der Waals surface area contributed by atoms with E-state index in [4.69, 9.17) is 18.9 Å². The fraction of sp³-hybridized carbons (Fsp3) is 0.167. The highest BCUT2D eigenvalue weighted by atomic mass is 79.9. The van der Waals surface area contributed by atoms with Gasteiger partial charge in [0.25, 0.3) is 0 Å². The molecule has 37 heavy (non-hydrogen) atoms. The lowest BCUT2D eigenvalue weighted by molar-refractivity contribution is 0.103. The first-order valence-electron chi connectivity index (χ1n) is 11.5. The number of carbonyl (C=O) groups is 1. The fourth-order valence-electron chi connectivity index (χ4n) is 3.99. The van der Waals surface area contributed by atoms with Crippen molar-refractivity contribution >= 4 is 33.5 Å². The van der Waals surface area contributed by atoms with Gasteiger partial charge in [-0.1, -0.05) is 42.5 Å². The molecule has 0 radical (unpaired) electrons. The summed E-state index contributed by atoms with van der Waals surface area (Å²) in [5, 5.41) is 0. The van der Waals surface area contributed by atoms with Crippen LogP contribution in [0.4, 0.5) is 0 Å². The van der Waals surface area contributed by atoms with Gasteiger partial charge >= 0.3 is 0 Å². The molecular weight excluding hydrogens is 552 g/mol. The van der Waals surface area contributed by atoms with Gasteiger partial charge in [0.1, 0.15) is 5.75 Å². The maximum atomic E-state index is 13.9. The van der Waals surface area contributed by atoms with E-state index in [-0.39, 0.29) is 5.78 Å². The van der Waals surface area contributed by atoms with Crippen LogP contribution < -0.4 is 18.9 Å². The number of rotatable bonds is 10. The summed E-state index contributed by atoms with van der Waals surface area (Å²) < 4.78 is 22.4. The quantitative estimate of drug-likeness (QED) is 0.142. The van der Waals surface area contributed by atoms with Gasteiger partial charge in [-0.2, -0.15) is 0 Å². The van der Waals surface area contributed by atoms with Crippen molar-refractivity contribution < 1.29 is 23.7 Å². The number of methoxy groups -OCH3 is 4. The van der Waals surface area contributed by atoms with Crippen LogP contribution in [-0.4, -0.2) is 34.2 Å². The standard InChI is InChI=1S/C30H27BrO5S/c1-33-22-12-10-19(11-13-22)18-37-23-16-24(20-8-6-5-7-9-20)28(25(31)17-23)29(32)21-14-26(34-2)30(36-4)27(15-21)35-3/h5-17H,18H2,1-4H3. The third-order valence-corrected chi connectivity index (χ3v) is 7.54. The van der Waals surface area contributed by atoms with E-state index in [1.165, 1.54) is 26.9 Å². The van der Waals surface area contributed by atoms with Gasteiger partial charge in [0.05, 0.1) is 28.4 Å². The first-order chi connectivity index (χ1) is 18.0. The largest absolute Gasteiger partial charge is 0.497 e. The summed E-state index contributed by atoms with van der Waals surface area (Å²) >= 11 is 5.40. The van der Waals surface area contributed by atoms with Crippen LogP contribution in [0.1, 0.15) is 21.5 Å². The van der Waals surface area contributed by atoms with Crippen molar-refractivity contribution in [1.82, 2.24) is 0 Å². The third-order valence-electron chi connectivity index (χ3n) is 5.87.